The monoisotopic (exact) mass is 597 g/mol. The maximum Gasteiger partial charge on any atom is 0.336 e. The van der Waals surface area contributed by atoms with Crippen LogP contribution in [-0.2, 0) is 48.2 Å². The number of carbonyl (C=O) groups is 3. The van der Waals surface area contributed by atoms with Gasteiger partial charge in [-0.15, -0.1) is 0 Å². The Balaban J connectivity index is 2.99. The summed E-state index contributed by atoms with van der Waals surface area (Å²) in [6.45, 7) is 6.04. The molecule has 12 nitrogen and oxygen atoms in total. The van der Waals surface area contributed by atoms with Gasteiger partial charge in [0.05, 0.1) is 39.1 Å². The fourth-order valence-corrected chi connectivity index (χ4v) is 4.23. The molecular formula is C30H51N3O9. The molecule has 0 fully saturated rings. The van der Waals surface area contributed by atoms with Gasteiger partial charge in [-0.3, -0.25) is 14.4 Å². The van der Waals surface area contributed by atoms with Gasteiger partial charge in [-0.1, -0.05) is 78.6 Å². The normalized spacial score (nSPS) is 10.9. The van der Waals surface area contributed by atoms with Crippen molar-refractivity contribution in [1.82, 2.24) is 13.7 Å². The summed E-state index contributed by atoms with van der Waals surface area (Å²) < 4.78 is 17.9. The summed E-state index contributed by atoms with van der Waals surface area (Å²) in [5.74, 6) is -1.71. The Labute approximate surface area is 248 Å². The van der Waals surface area contributed by atoms with Crippen molar-refractivity contribution in [3.63, 3.8) is 0 Å². The molecule has 0 aliphatic carbocycles. The number of aromatic nitrogens is 3. The molecule has 0 radical (unpaired) electrons. The van der Waals surface area contributed by atoms with Crippen molar-refractivity contribution in [3.8, 4) is 0 Å². The Bertz CT molecular complexity index is 952. The maximum absolute atomic E-state index is 13.1. The van der Waals surface area contributed by atoms with Crippen LogP contribution in [0.5, 0.6) is 0 Å². The van der Waals surface area contributed by atoms with Crippen molar-refractivity contribution in [2.75, 3.05) is 19.8 Å². The summed E-state index contributed by atoms with van der Waals surface area (Å²) in [6.07, 6.45) is 10.5. The molecule has 42 heavy (non-hydrogen) atoms. The van der Waals surface area contributed by atoms with Gasteiger partial charge < -0.3 is 14.2 Å². The third kappa shape index (κ3) is 14.6. The average molecular weight is 598 g/mol. The van der Waals surface area contributed by atoms with Gasteiger partial charge in [-0.05, 0) is 19.3 Å². The third-order valence-electron chi connectivity index (χ3n) is 6.79. The zero-order chi connectivity index (χ0) is 31.2. The Hall–Kier alpha value is -3.18. The molecule has 0 bridgehead atoms. The molecule has 1 aromatic heterocycles. The highest BCUT2D eigenvalue weighted by Gasteiger charge is 2.19. The topological polar surface area (TPSA) is 145 Å². The van der Waals surface area contributed by atoms with E-state index in [0.29, 0.717) is 0 Å². The van der Waals surface area contributed by atoms with Crippen LogP contribution in [0.4, 0.5) is 0 Å². The second kappa shape index (κ2) is 22.4. The van der Waals surface area contributed by atoms with Gasteiger partial charge in [0.1, 0.15) is 0 Å². The minimum Gasteiger partial charge on any atom is -0.466 e. The molecule has 12 heteroatoms. The SMILES string of the molecule is CCCCCCOC(=O)CCn1c(=O)n(CCC(=O)OCCCCCC)c(=O)n(CCC(=O)OCCCCCC)c1=O. The fourth-order valence-electron chi connectivity index (χ4n) is 4.23. The standard InChI is InChI=1S/C30H51N3O9/c1-4-7-10-13-22-40-25(34)16-19-31-28(37)32(20-17-26(35)41-23-14-11-8-5-2)30(39)33(29(31)38)21-18-27(36)42-24-15-12-9-6-3/h4-24H2,1-3H3. The molecule has 0 atom stereocenters. The first kappa shape index (κ1) is 36.8. The molecule has 0 unspecified atom stereocenters. The second-order valence-electron chi connectivity index (χ2n) is 10.4. The Morgan fingerprint density at radius 2 is 0.714 bits per heavy atom. The summed E-state index contributed by atoms with van der Waals surface area (Å²) >= 11 is 0. The molecule has 0 saturated carbocycles. The van der Waals surface area contributed by atoms with Crippen LogP contribution < -0.4 is 17.1 Å². The third-order valence-corrected chi connectivity index (χ3v) is 6.79. The Morgan fingerprint density at radius 1 is 0.452 bits per heavy atom. The molecule has 1 aromatic rings. The lowest BCUT2D eigenvalue weighted by atomic mass is 10.2. The summed E-state index contributed by atoms with van der Waals surface area (Å²) in [5, 5.41) is 0. The number of carbonyl (C=O) groups excluding carboxylic acids is 3. The van der Waals surface area contributed by atoms with Gasteiger partial charge in [0.15, 0.2) is 0 Å². The molecule has 0 aliphatic heterocycles. The molecular weight excluding hydrogens is 546 g/mol. The summed E-state index contributed by atoms with van der Waals surface area (Å²) in [4.78, 5) is 76.1. The molecule has 0 N–H and O–H groups in total. The molecule has 0 aliphatic rings. The lowest BCUT2D eigenvalue weighted by Crippen LogP contribution is -2.55. The first-order valence-electron chi connectivity index (χ1n) is 15.7. The van der Waals surface area contributed by atoms with E-state index in [4.69, 9.17) is 14.2 Å². The predicted molar refractivity (Wildman–Crippen MR) is 158 cm³/mol. The van der Waals surface area contributed by atoms with E-state index < -0.39 is 35.0 Å². The fraction of sp³-hybridized carbons (Fsp3) is 0.800. The van der Waals surface area contributed by atoms with E-state index in [-0.39, 0.29) is 58.7 Å². The van der Waals surface area contributed by atoms with E-state index in [1.54, 1.807) is 0 Å². The minimum atomic E-state index is -0.939. The predicted octanol–water partition coefficient (Wildman–Crippen LogP) is 3.71. The van der Waals surface area contributed by atoms with Crippen molar-refractivity contribution in [1.29, 1.82) is 0 Å². The highest BCUT2D eigenvalue weighted by atomic mass is 16.5. The maximum atomic E-state index is 13.1. The van der Waals surface area contributed by atoms with Gasteiger partial charge in [-0.25, -0.2) is 28.1 Å². The number of ether oxygens (including phenoxy) is 3. The minimum absolute atomic E-state index is 0.249. The van der Waals surface area contributed by atoms with Crippen molar-refractivity contribution in [2.45, 2.75) is 137 Å². The molecule has 0 amide bonds. The highest BCUT2D eigenvalue weighted by molar-refractivity contribution is 5.70. The first-order valence-corrected chi connectivity index (χ1v) is 15.7. The van der Waals surface area contributed by atoms with Gasteiger partial charge in [0.25, 0.3) is 0 Å². The largest absolute Gasteiger partial charge is 0.466 e. The summed E-state index contributed by atoms with van der Waals surface area (Å²) in [6, 6.07) is 0. The lowest BCUT2D eigenvalue weighted by Gasteiger charge is -2.14. The van der Waals surface area contributed by atoms with E-state index in [9.17, 15) is 28.8 Å². The van der Waals surface area contributed by atoms with Crippen LogP contribution in [0, 0.1) is 0 Å². The van der Waals surface area contributed by atoms with Crippen molar-refractivity contribution in [3.05, 3.63) is 31.5 Å². The number of unbranched alkanes of at least 4 members (excludes halogenated alkanes) is 9. The van der Waals surface area contributed by atoms with Gasteiger partial charge in [0, 0.05) is 19.6 Å². The van der Waals surface area contributed by atoms with Crippen molar-refractivity contribution < 1.29 is 28.6 Å². The smallest absolute Gasteiger partial charge is 0.336 e. The summed E-state index contributed by atoms with van der Waals surface area (Å²) in [5.41, 5.74) is -2.82. The van der Waals surface area contributed by atoms with Gasteiger partial charge >= 0.3 is 35.0 Å². The van der Waals surface area contributed by atoms with Crippen molar-refractivity contribution in [2.24, 2.45) is 0 Å². The van der Waals surface area contributed by atoms with Gasteiger partial charge in [-0.2, -0.15) is 0 Å². The number of nitrogens with zero attached hydrogens (tertiary/aromatic N) is 3. The molecule has 240 valence electrons. The van der Waals surface area contributed by atoms with E-state index in [1.807, 2.05) is 0 Å². The van der Waals surface area contributed by atoms with E-state index >= 15 is 0 Å². The molecule has 1 heterocycles. The number of hydrogen-bond acceptors (Lipinski definition) is 9. The summed E-state index contributed by atoms with van der Waals surface area (Å²) in [7, 11) is 0. The zero-order valence-corrected chi connectivity index (χ0v) is 25.9. The molecule has 0 aromatic carbocycles. The molecule has 1 rings (SSSR count). The molecule has 0 saturated heterocycles. The van der Waals surface area contributed by atoms with Crippen LogP contribution in [0.25, 0.3) is 0 Å². The molecule has 0 spiro atoms. The number of hydrogen-bond donors (Lipinski definition) is 0. The van der Waals surface area contributed by atoms with Crippen LogP contribution >= 0.6 is 0 Å². The highest BCUT2D eigenvalue weighted by Crippen LogP contribution is 2.02. The van der Waals surface area contributed by atoms with Crippen LogP contribution in [0.2, 0.25) is 0 Å². The Kier molecular flexibility index (Phi) is 19.7. The van der Waals surface area contributed by atoms with Crippen molar-refractivity contribution >= 4 is 17.9 Å². The van der Waals surface area contributed by atoms with E-state index in [0.717, 1.165) is 90.8 Å². The van der Waals surface area contributed by atoms with Crippen LogP contribution in [0.1, 0.15) is 117 Å². The van der Waals surface area contributed by atoms with Crippen LogP contribution in [0.15, 0.2) is 14.4 Å². The van der Waals surface area contributed by atoms with Crippen LogP contribution in [-0.4, -0.2) is 51.4 Å². The first-order chi connectivity index (χ1) is 20.3. The Morgan fingerprint density at radius 3 is 0.952 bits per heavy atom. The average Bonchev–Trinajstić information content (AvgIpc) is 2.96. The number of rotatable bonds is 24. The van der Waals surface area contributed by atoms with E-state index in [1.165, 1.54) is 0 Å². The quantitative estimate of drug-likeness (QED) is 0.0989. The lowest BCUT2D eigenvalue weighted by molar-refractivity contribution is -0.144. The van der Waals surface area contributed by atoms with Crippen LogP contribution in [0.3, 0.4) is 0 Å². The van der Waals surface area contributed by atoms with Gasteiger partial charge in [0.2, 0.25) is 0 Å². The number of esters is 3. The zero-order valence-electron chi connectivity index (χ0n) is 25.9. The second-order valence-corrected chi connectivity index (χ2v) is 10.4. The van der Waals surface area contributed by atoms with E-state index in [2.05, 4.69) is 20.8 Å².